The second-order valence-corrected chi connectivity index (χ2v) is 8.75. The van der Waals surface area contributed by atoms with Gasteiger partial charge in [-0.15, -0.1) is 0 Å². The Bertz CT molecular complexity index is 917. The van der Waals surface area contributed by atoms with Crippen LogP contribution in [0.25, 0.3) is 0 Å². The number of hydrogen-bond acceptors (Lipinski definition) is 7. The van der Waals surface area contributed by atoms with Gasteiger partial charge in [0.05, 0.1) is 26.4 Å². The molecule has 2 aromatic rings. The zero-order valence-electron chi connectivity index (χ0n) is 20.0. The summed E-state index contributed by atoms with van der Waals surface area (Å²) in [6, 6.07) is 11.2. The van der Waals surface area contributed by atoms with Crippen LogP contribution in [0.4, 0.5) is 0 Å². The number of ether oxygens (including phenoxy) is 6. The van der Waals surface area contributed by atoms with Crippen LogP contribution >= 0.6 is 0 Å². The van der Waals surface area contributed by atoms with Crippen molar-refractivity contribution in [2.75, 3.05) is 52.9 Å². The topological polar surface area (TPSA) is 72.5 Å². The maximum atomic E-state index is 11.7. The first-order valence-electron chi connectivity index (χ1n) is 11.3. The van der Waals surface area contributed by atoms with Crippen LogP contribution in [0.1, 0.15) is 43.6 Å². The molecule has 0 aliphatic carbocycles. The van der Waals surface area contributed by atoms with E-state index in [4.69, 9.17) is 28.4 Å². The van der Waals surface area contributed by atoms with Crippen LogP contribution in [0.15, 0.2) is 36.4 Å². The first-order chi connectivity index (χ1) is 15.8. The molecule has 0 radical (unpaired) electrons. The number of carbonyl (C=O) groups is 1. The molecular formula is C26H34O7. The number of ketones is 1. The van der Waals surface area contributed by atoms with Gasteiger partial charge >= 0.3 is 0 Å². The van der Waals surface area contributed by atoms with Gasteiger partial charge in [0.15, 0.2) is 28.8 Å². The molecule has 2 aromatic carbocycles. The molecule has 3 rings (SSSR count). The van der Waals surface area contributed by atoms with Gasteiger partial charge in [0.25, 0.3) is 0 Å². The van der Waals surface area contributed by atoms with Gasteiger partial charge in [0, 0.05) is 5.56 Å². The molecule has 0 bridgehead atoms. The number of hydrogen-bond donors (Lipinski definition) is 0. The van der Waals surface area contributed by atoms with Crippen molar-refractivity contribution >= 4 is 5.78 Å². The van der Waals surface area contributed by atoms with Crippen LogP contribution in [0.3, 0.4) is 0 Å². The molecule has 0 saturated carbocycles. The first-order valence-corrected chi connectivity index (χ1v) is 11.3. The largest absolute Gasteiger partial charge is 0.487 e. The van der Waals surface area contributed by atoms with Crippen molar-refractivity contribution in [1.82, 2.24) is 0 Å². The van der Waals surface area contributed by atoms with Crippen molar-refractivity contribution in [1.29, 1.82) is 0 Å². The second kappa shape index (κ2) is 11.9. The van der Waals surface area contributed by atoms with E-state index in [2.05, 4.69) is 26.8 Å². The lowest BCUT2D eigenvalue weighted by atomic mass is 9.87. The fraction of sp³-hybridized carbons (Fsp3) is 0.500. The fourth-order valence-corrected chi connectivity index (χ4v) is 3.21. The quantitative estimate of drug-likeness (QED) is 0.585. The molecule has 7 nitrogen and oxygen atoms in total. The molecule has 0 atom stereocenters. The summed E-state index contributed by atoms with van der Waals surface area (Å²) in [5, 5.41) is 0. The van der Waals surface area contributed by atoms with Gasteiger partial charge in [-0.2, -0.15) is 0 Å². The Hall–Kier alpha value is -2.77. The average molecular weight is 459 g/mol. The highest BCUT2D eigenvalue weighted by Gasteiger charge is 2.17. The normalized spacial score (nSPS) is 16.4. The van der Waals surface area contributed by atoms with Crippen molar-refractivity contribution < 1.29 is 33.2 Å². The molecule has 7 heteroatoms. The van der Waals surface area contributed by atoms with E-state index in [1.165, 1.54) is 12.5 Å². The van der Waals surface area contributed by atoms with Crippen molar-refractivity contribution in [2.45, 2.75) is 33.1 Å². The summed E-state index contributed by atoms with van der Waals surface area (Å²) in [6.45, 7) is 11.0. The number of benzene rings is 2. The van der Waals surface area contributed by atoms with Gasteiger partial charge in [0.1, 0.15) is 26.4 Å². The van der Waals surface area contributed by atoms with Crippen LogP contribution in [-0.4, -0.2) is 58.6 Å². The Labute approximate surface area is 195 Å². The van der Waals surface area contributed by atoms with Crippen LogP contribution in [0, 0.1) is 0 Å². The van der Waals surface area contributed by atoms with Gasteiger partial charge in [-0.1, -0.05) is 26.8 Å². The SMILES string of the molecule is CC(=O)c1ccc2c(c1)OCCOCCOc1cc(C(C)(C)C)ccc1OCCOCCO2. The maximum Gasteiger partial charge on any atom is 0.162 e. The fourth-order valence-electron chi connectivity index (χ4n) is 3.21. The Morgan fingerprint density at radius 3 is 1.58 bits per heavy atom. The number of fused-ring (bicyclic) bond motifs is 2. The van der Waals surface area contributed by atoms with Crippen molar-refractivity contribution in [3.63, 3.8) is 0 Å². The second-order valence-electron chi connectivity index (χ2n) is 8.75. The Balaban J connectivity index is 1.65. The summed E-state index contributed by atoms with van der Waals surface area (Å²) in [6.07, 6.45) is 0. The van der Waals surface area contributed by atoms with Gasteiger partial charge in [-0.25, -0.2) is 0 Å². The lowest BCUT2D eigenvalue weighted by Crippen LogP contribution is -2.16. The molecule has 0 spiro atoms. The molecule has 1 aliphatic rings. The highest BCUT2D eigenvalue weighted by atomic mass is 16.6. The average Bonchev–Trinajstić information content (AvgIpc) is 2.77. The van der Waals surface area contributed by atoms with Crippen LogP contribution in [0.2, 0.25) is 0 Å². The minimum atomic E-state index is -0.0347. The third-order valence-electron chi connectivity index (χ3n) is 5.10. The molecule has 0 aromatic heterocycles. The van der Waals surface area contributed by atoms with Gasteiger partial charge in [-0.3, -0.25) is 4.79 Å². The third-order valence-corrected chi connectivity index (χ3v) is 5.10. The zero-order chi connectivity index (χ0) is 23.7. The standard InChI is InChI=1S/C26H34O7/c1-19(27)20-5-7-22-24(17-20)32-15-11-29-12-16-33-25-18-21(26(2,3)4)6-8-23(25)31-14-10-28-9-13-30-22/h5-8,17-18H,9-16H2,1-4H3. The molecule has 0 unspecified atom stereocenters. The minimum Gasteiger partial charge on any atom is -0.487 e. The van der Waals surface area contributed by atoms with Crippen LogP contribution < -0.4 is 18.9 Å². The Morgan fingerprint density at radius 2 is 1.09 bits per heavy atom. The predicted molar refractivity (Wildman–Crippen MR) is 125 cm³/mol. The van der Waals surface area contributed by atoms with Gasteiger partial charge in [0.2, 0.25) is 0 Å². The summed E-state index contributed by atoms with van der Waals surface area (Å²) < 4.78 is 34.8. The maximum absolute atomic E-state index is 11.7. The van der Waals surface area contributed by atoms with E-state index < -0.39 is 0 Å². The molecule has 1 aliphatic heterocycles. The van der Waals surface area contributed by atoms with Gasteiger partial charge in [-0.05, 0) is 48.2 Å². The summed E-state index contributed by atoms with van der Waals surface area (Å²) in [5.41, 5.74) is 1.73. The van der Waals surface area contributed by atoms with E-state index >= 15 is 0 Å². The Morgan fingerprint density at radius 1 is 0.636 bits per heavy atom. The van der Waals surface area contributed by atoms with E-state index in [-0.39, 0.29) is 11.2 Å². The molecule has 0 saturated heterocycles. The van der Waals surface area contributed by atoms with E-state index in [9.17, 15) is 4.79 Å². The molecule has 33 heavy (non-hydrogen) atoms. The lowest BCUT2D eigenvalue weighted by molar-refractivity contribution is 0.0639. The summed E-state index contributed by atoms with van der Waals surface area (Å²) in [4.78, 5) is 11.7. The van der Waals surface area contributed by atoms with Crippen LogP contribution in [-0.2, 0) is 14.9 Å². The van der Waals surface area contributed by atoms with E-state index in [0.29, 0.717) is 81.4 Å². The summed E-state index contributed by atoms with van der Waals surface area (Å²) in [5.74, 6) is 2.41. The molecular weight excluding hydrogens is 424 g/mol. The summed E-state index contributed by atoms with van der Waals surface area (Å²) >= 11 is 0. The molecule has 0 N–H and O–H groups in total. The molecule has 0 amide bonds. The minimum absolute atomic E-state index is 0.000103. The van der Waals surface area contributed by atoms with Crippen LogP contribution in [0.5, 0.6) is 23.0 Å². The molecule has 0 fully saturated rings. The lowest BCUT2D eigenvalue weighted by Gasteiger charge is -2.21. The third kappa shape index (κ3) is 7.65. The summed E-state index contributed by atoms with van der Waals surface area (Å²) in [7, 11) is 0. The Kier molecular flexibility index (Phi) is 8.97. The smallest absolute Gasteiger partial charge is 0.162 e. The number of rotatable bonds is 1. The van der Waals surface area contributed by atoms with Gasteiger partial charge < -0.3 is 28.4 Å². The monoisotopic (exact) mass is 458 g/mol. The predicted octanol–water partition coefficient (Wildman–Crippen LogP) is 4.45. The highest BCUT2D eigenvalue weighted by Crippen LogP contribution is 2.33. The molecule has 180 valence electrons. The molecule has 1 heterocycles. The van der Waals surface area contributed by atoms with Crippen molar-refractivity contribution in [3.05, 3.63) is 47.5 Å². The number of Topliss-reactive ketones (excluding diaryl/α,β-unsaturated/α-hetero) is 1. The first kappa shape index (κ1) is 24.9. The van der Waals surface area contributed by atoms with Crippen molar-refractivity contribution in [2.24, 2.45) is 0 Å². The van der Waals surface area contributed by atoms with E-state index in [1.54, 1.807) is 18.2 Å². The van der Waals surface area contributed by atoms with Crippen molar-refractivity contribution in [3.8, 4) is 23.0 Å². The van der Waals surface area contributed by atoms with E-state index in [1.807, 2.05) is 12.1 Å². The highest BCUT2D eigenvalue weighted by molar-refractivity contribution is 5.94. The van der Waals surface area contributed by atoms with E-state index in [0.717, 1.165) is 0 Å². The zero-order valence-corrected chi connectivity index (χ0v) is 20.0. The number of carbonyl (C=O) groups excluding carboxylic acids is 1.